The normalized spacial score (nSPS) is 13.4. The van der Waals surface area contributed by atoms with Crippen molar-refractivity contribution in [2.24, 2.45) is 0 Å². The van der Waals surface area contributed by atoms with Crippen LogP contribution in [0.3, 0.4) is 0 Å². The van der Waals surface area contributed by atoms with Crippen molar-refractivity contribution < 1.29 is 19.2 Å². The predicted octanol–water partition coefficient (Wildman–Crippen LogP) is 6.05. The van der Waals surface area contributed by atoms with E-state index in [0.29, 0.717) is 22.7 Å². The summed E-state index contributed by atoms with van der Waals surface area (Å²) in [6, 6.07) is 19.3. The molecule has 1 N–H and O–H groups in total. The van der Waals surface area contributed by atoms with Crippen LogP contribution >= 0.6 is 0 Å². The van der Waals surface area contributed by atoms with Crippen molar-refractivity contribution in [2.45, 2.75) is 38.6 Å². The number of rotatable bonds is 7. The summed E-state index contributed by atoms with van der Waals surface area (Å²) in [5.74, 6) is 1.15. The molecule has 3 aromatic rings. The van der Waals surface area contributed by atoms with Crippen molar-refractivity contribution in [3.05, 3.63) is 93.5 Å². The maximum Gasteiger partial charge on any atom is 0.269 e. The van der Waals surface area contributed by atoms with Crippen LogP contribution in [0, 0.1) is 10.1 Å². The fourth-order valence-electron chi connectivity index (χ4n) is 3.72. The summed E-state index contributed by atoms with van der Waals surface area (Å²) in [5.41, 5.74) is 3.42. The van der Waals surface area contributed by atoms with E-state index in [2.05, 4.69) is 38.2 Å². The van der Waals surface area contributed by atoms with E-state index >= 15 is 0 Å². The third-order valence-corrected chi connectivity index (χ3v) is 5.68. The van der Waals surface area contributed by atoms with Gasteiger partial charge in [-0.05, 0) is 46.9 Å². The molecule has 0 bridgehead atoms. The lowest BCUT2D eigenvalue weighted by atomic mass is 9.86. The van der Waals surface area contributed by atoms with Gasteiger partial charge >= 0.3 is 0 Å². The fraction of sp³-hybridized carbons (Fsp3) is 0.269. The minimum Gasteiger partial charge on any atom is -0.454 e. The lowest BCUT2D eigenvalue weighted by Gasteiger charge is -2.23. The molecule has 7 nitrogen and oxygen atoms in total. The molecule has 1 aliphatic heterocycles. The topological polar surface area (TPSA) is 90.7 Å². The number of fused-ring (bicyclic) bond motifs is 1. The Morgan fingerprint density at radius 2 is 1.67 bits per heavy atom. The maximum atomic E-state index is 13.2. The van der Waals surface area contributed by atoms with E-state index in [1.165, 1.54) is 17.7 Å². The Labute approximate surface area is 192 Å². The van der Waals surface area contributed by atoms with Gasteiger partial charge in [-0.15, -0.1) is 0 Å². The van der Waals surface area contributed by atoms with Crippen LogP contribution in [0.25, 0.3) is 0 Å². The second kappa shape index (κ2) is 8.94. The second-order valence-electron chi connectivity index (χ2n) is 9.07. The molecule has 0 amide bonds. The molecular formula is C26H26N2O5. The molecule has 0 fully saturated rings. The van der Waals surface area contributed by atoms with Gasteiger partial charge in [0.2, 0.25) is 6.79 Å². The second-order valence-corrected chi connectivity index (χ2v) is 9.07. The van der Waals surface area contributed by atoms with Crippen molar-refractivity contribution in [3.63, 3.8) is 0 Å². The van der Waals surface area contributed by atoms with Gasteiger partial charge in [0.25, 0.3) is 5.69 Å². The minimum absolute atomic E-state index is 0.0160. The smallest absolute Gasteiger partial charge is 0.269 e. The third kappa shape index (κ3) is 5.14. The van der Waals surface area contributed by atoms with Gasteiger partial charge < -0.3 is 14.8 Å². The Morgan fingerprint density at radius 1 is 1.00 bits per heavy atom. The average molecular weight is 447 g/mol. The summed E-state index contributed by atoms with van der Waals surface area (Å²) >= 11 is 0. The van der Waals surface area contributed by atoms with Crippen LogP contribution < -0.4 is 14.8 Å². The van der Waals surface area contributed by atoms with E-state index in [1.54, 1.807) is 30.3 Å². The Bertz CT molecular complexity index is 1160. The Balaban J connectivity index is 1.60. The summed E-state index contributed by atoms with van der Waals surface area (Å²) < 4.78 is 10.7. The van der Waals surface area contributed by atoms with Crippen LogP contribution in [0.2, 0.25) is 0 Å². The first kappa shape index (κ1) is 22.3. The van der Waals surface area contributed by atoms with Crippen LogP contribution in [0.15, 0.2) is 66.7 Å². The van der Waals surface area contributed by atoms with Gasteiger partial charge in [-0.3, -0.25) is 14.9 Å². The number of hydrogen-bond donors (Lipinski definition) is 1. The van der Waals surface area contributed by atoms with E-state index in [-0.39, 0.29) is 36.1 Å². The summed E-state index contributed by atoms with van der Waals surface area (Å²) in [4.78, 5) is 23.7. The molecule has 0 aromatic heterocycles. The monoisotopic (exact) mass is 446 g/mol. The van der Waals surface area contributed by atoms with Crippen LogP contribution in [0.5, 0.6) is 11.5 Å². The number of anilines is 1. The zero-order valence-electron chi connectivity index (χ0n) is 18.8. The van der Waals surface area contributed by atoms with Crippen LogP contribution in [0.1, 0.15) is 54.7 Å². The van der Waals surface area contributed by atoms with Gasteiger partial charge in [0.15, 0.2) is 17.3 Å². The fourth-order valence-corrected chi connectivity index (χ4v) is 3.72. The highest BCUT2D eigenvalue weighted by Gasteiger charge is 2.22. The lowest BCUT2D eigenvalue weighted by Crippen LogP contribution is -2.17. The van der Waals surface area contributed by atoms with E-state index in [4.69, 9.17) is 9.47 Å². The van der Waals surface area contributed by atoms with Crippen molar-refractivity contribution in [1.29, 1.82) is 0 Å². The first-order valence-corrected chi connectivity index (χ1v) is 10.7. The van der Waals surface area contributed by atoms with Crippen molar-refractivity contribution in [3.8, 4) is 11.5 Å². The Morgan fingerprint density at radius 3 is 2.30 bits per heavy atom. The Kier molecular flexibility index (Phi) is 6.05. The predicted molar refractivity (Wildman–Crippen MR) is 126 cm³/mol. The quantitative estimate of drug-likeness (QED) is 0.270. The summed E-state index contributed by atoms with van der Waals surface area (Å²) in [5, 5.41) is 14.3. The zero-order valence-corrected chi connectivity index (χ0v) is 18.8. The standard InChI is InChI=1S/C26H26N2O5/c1-26(2,3)19-7-4-17(5-8-19)22(27-20-9-11-21(12-10-20)28(30)31)15-23(29)18-6-13-24-25(14-18)33-16-32-24/h4-14,22,27H,15-16H2,1-3H3. The molecular weight excluding hydrogens is 420 g/mol. The number of nitro groups is 1. The number of benzene rings is 3. The number of nitrogens with zero attached hydrogens (tertiary/aromatic N) is 1. The molecule has 33 heavy (non-hydrogen) atoms. The van der Waals surface area contributed by atoms with Gasteiger partial charge in [0, 0.05) is 29.8 Å². The van der Waals surface area contributed by atoms with Gasteiger partial charge in [-0.25, -0.2) is 0 Å². The number of hydrogen-bond acceptors (Lipinski definition) is 6. The van der Waals surface area contributed by atoms with Crippen LogP contribution in [0.4, 0.5) is 11.4 Å². The van der Waals surface area contributed by atoms with Gasteiger partial charge in [0.05, 0.1) is 11.0 Å². The molecule has 1 atom stereocenters. The zero-order chi connectivity index (χ0) is 23.6. The average Bonchev–Trinajstić information content (AvgIpc) is 3.26. The number of nitrogens with one attached hydrogen (secondary N) is 1. The highest BCUT2D eigenvalue weighted by Crippen LogP contribution is 2.34. The van der Waals surface area contributed by atoms with E-state index in [9.17, 15) is 14.9 Å². The molecule has 0 saturated carbocycles. The molecule has 0 saturated heterocycles. The lowest BCUT2D eigenvalue weighted by molar-refractivity contribution is -0.384. The third-order valence-electron chi connectivity index (χ3n) is 5.68. The van der Waals surface area contributed by atoms with Crippen LogP contribution in [-0.4, -0.2) is 17.5 Å². The SMILES string of the molecule is CC(C)(C)c1ccc(C(CC(=O)c2ccc3c(c2)OCO3)Nc2ccc([N+](=O)[O-])cc2)cc1. The molecule has 4 rings (SSSR count). The van der Waals surface area contributed by atoms with E-state index in [1.807, 2.05) is 12.1 Å². The minimum atomic E-state index is -0.435. The van der Waals surface area contributed by atoms with Crippen LogP contribution in [-0.2, 0) is 5.41 Å². The first-order valence-electron chi connectivity index (χ1n) is 10.7. The number of carbonyl (C=O) groups excluding carboxylic acids is 1. The van der Waals surface area contributed by atoms with Gasteiger partial charge in [0.1, 0.15) is 0 Å². The number of carbonyl (C=O) groups is 1. The molecule has 0 aliphatic carbocycles. The largest absolute Gasteiger partial charge is 0.454 e. The summed E-state index contributed by atoms with van der Waals surface area (Å²) in [6.45, 7) is 6.60. The molecule has 0 spiro atoms. The van der Waals surface area contributed by atoms with Gasteiger partial charge in [-0.2, -0.15) is 0 Å². The number of nitro benzene ring substituents is 1. The number of ether oxygens (including phenoxy) is 2. The van der Waals surface area contributed by atoms with E-state index in [0.717, 1.165) is 5.56 Å². The molecule has 1 unspecified atom stereocenters. The maximum absolute atomic E-state index is 13.2. The molecule has 3 aromatic carbocycles. The van der Waals surface area contributed by atoms with Crippen molar-refractivity contribution >= 4 is 17.2 Å². The molecule has 170 valence electrons. The number of Topliss-reactive ketones (excluding diaryl/α,β-unsaturated/α-hetero) is 1. The van der Waals surface area contributed by atoms with Crippen molar-refractivity contribution in [2.75, 3.05) is 12.1 Å². The molecule has 0 radical (unpaired) electrons. The van der Waals surface area contributed by atoms with Crippen molar-refractivity contribution in [1.82, 2.24) is 0 Å². The molecule has 1 heterocycles. The Hall–Kier alpha value is -3.87. The van der Waals surface area contributed by atoms with Gasteiger partial charge in [-0.1, -0.05) is 45.0 Å². The summed E-state index contributed by atoms with van der Waals surface area (Å²) in [6.07, 6.45) is 0.200. The molecule has 1 aliphatic rings. The molecule has 7 heteroatoms. The number of non-ortho nitro benzene ring substituents is 1. The number of ketones is 1. The first-order chi connectivity index (χ1) is 15.7. The summed E-state index contributed by atoms with van der Waals surface area (Å²) in [7, 11) is 0. The van der Waals surface area contributed by atoms with E-state index < -0.39 is 4.92 Å². The highest BCUT2D eigenvalue weighted by molar-refractivity contribution is 5.97. The highest BCUT2D eigenvalue weighted by atomic mass is 16.7.